The molecule has 0 aromatic rings. The van der Waals surface area contributed by atoms with Crippen molar-refractivity contribution in [2.24, 2.45) is 5.92 Å². The van der Waals surface area contributed by atoms with Gasteiger partial charge in [-0.05, 0) is 26.2 Å². The van der Waals surface area contributed by atoms with Gasteiger partial charge >= 0.3 is 6.09 Å². The summed E-state index contributed by atoms with van der Waals surface area (Å²) in [5, 5.41) is 0. The third-order valence-electron chi connectivity index (χ3n) is 5.79. The van der Waals surface area contributed by atoms with E-state index in [2.05, 4.69) is 13.8 Å². The number of carbonyl (C=O) groups is 2. The Balaban J connectivity index is 1.54. The molecule has 0 aromatic heterocycles. The second-order valence-electron chi connectivity index (χ2n) is 7.53. The van der Waals surface area contributed by atoms with E-state index >= 15 is 0 Å². The van der Waals surface area contributed by atoms with Crippen LogP contribution in [-0.4, -0.2) is 66.3 Å². The largest absolute Gasteiger partial charge is 0.441 e. The summed E-state index contributed by atoms with van der Waals surface area (Å²) in [4.78, 5) is 28.7. The summed E-state index contributed by atoms with van der Waals surface area (Å²) >= 11 is 0. The second kappa shape index (κ2) is 7.30. The van der Waals surface area contributed by atoms with Crippen molar-refractivity contribution in [3.63, 3.8) is 0 Å². The first-order valence-electron chi connectivity index (χ1n) is 9.41. The molecular formula is C18H30N2O4. The minimum Gasteiger partial charge on any atom is -0.441 e. The van der Waals surface area contributed by atoms with Crippen molar-refractivity contribution in [1.82, 2.24) is 9.80 Å². The molecule has 0 unspecified atom stereocenters. The Morgan fingerprint density at radius 2 is 1.96 bits per heavy atom. The maximum Gasteiger partial charge on any atom is 0.410 e. The Hall–Kier alpha value is -1.30. The highest BCUT2D eigenvalue weighted by Crippen LogP contribution is 2.35. The molecule has 1 atom stereocenters. The van der Waals surface area contributed by atoms with Gasteiger partial charge in [0.25, 0.3) is 0 Å². The summed E-state index contributed by atoms with van der Waals surface area (Å²) in [5.41, 5.74) is -0.383. The predicted octanol–water partition coefficient (Wildman–Crippen LogP) is 2.42. The number of rotatable bonds is 4. The SMILES string of the molecule is CCC[C@@H](C)N1CC2(CCN(C(=O)C3CCOCC3)CC2)OC1=O. The summed E-state index contributed by atoms with van der Waals surface area (Å²) in [7, 11) is 0. The van der Waals surface area contributed by atoms with E-state index in [9.17, 15) is 9.59 Å². The third kappa shape index (κ3) is 3.53. The van der Waals surface area contributed by atoms with Crippen LogP contribution >= 0.6 is 0 Å². The molecule has 6 heteroatoms. The summed E-state index contributed by atoms with van der Waals surface area (Å²) < 4.78 is 11.1. The first-order chi connectivity index (χ1) is 11.5. The van der Waals surface area contributed by atoms with E-state index in [4.69, 9.17) is 9.47 Å². The predicted molar refractivity (Wildman–Crippen MR) is 89.6 cm³/mol. The van der Waals surface area contributed by atoms with Crippen LogP contribution in [0.4, 0.5) is 4.79 Å². The molecule has 0 N–H and O–H groups in total. The number of piperidine rings is 1. The molecule has 136 valence electrons. The van der Waals surface area contributed by atoms with Crippen molar-refractivity contribution in [2.75, 3.05) is 32.8 Å². The molecule has 2 amide bonds. The molecule has 1 spiro atoms. The third-order valence-corrected chi connectivity index (χ3v) is 5.79. The fourth-order valence-corrected chi connectivity index (χ4v) is 4.16. The van der Waals surface area contributed by atoms with Gasteiger partial charge in [0.05, 0.1) is 6.54 Å². The normalized spacial score (nSPS) is 25.8. The molecule has 0 bridgehead atoms. The highest BCUT2D eigenvalue weighted by molar-refractivity contribution is 5.79. The van der Waals surface area contributed by atoms with Crippen LogP contribution in [0.15, 0.2) is 0 Å². The van der Waals surface area contributed by atoms with E-state index in [1.54, 1.807) is 0 Å². The average Bonchev–Trinajstić information content (AvgIpc) is 2.92. The molecule has 6 nitrogen and oxygen atoms in total. The van der Waals surface area contributed by atoms with Crippen LogP contribution in [0.5, 0.6) is 0 Å². The summed E-state index contributed by atoms with van der Waals surface area (Å²) in [6.07, 6.45) is 5.05. The van der Waals surface area contributed by atoms with Gasteiger partial charge in [-0.25, -0.2) is 4.79 Å². The van der Waals surface area contributed by atoms with E-state index < -0.39 is 0 Å². The first kappa shape index (κ1) is 17.5. The van der Waals surface area contributed by atoms with Crippen molar-refractivity contribution in [3.8, 4) is 0 Å². The number of hydrogen-bond acceptors (Lipinski definition) is 4. The number of hydrogen-bond donors (Lipinski definition) is 0. The van der Waals surface area contributed by atoms with Crippen LogP contribution in [0.3, 0.4) is 0 Å². The molecule has 3 heterocycles. The Morgan fingerprint density at radius 1 is 1.29 bits per heavy atom. The lowest BCUT2D eigenvalue weighted by atomic mass is 9.89. The summed E-state index contributed by atoms with van der Waals surface area (Å²) in [6.45, 7) is 7.67. The average molecular weight is 338 g/mol. The van der Waals surface area contributed by atoms with Gasteiger partial charge in [-0.3, -0.25) is 4.79 Å². The molecule has 24 heavy (non-hydrogen) atoms. The Bertz CT molecular complexity index is 468. The lowest BCUT2D eigenvalue weighted by Crippen LogP contribution is -2.50. The van der Waals surface area contributed by atoms with Gasteiger partial charge in [0.15, 0.2) is 0 Å². The van der Waals surface area contributed by atoms with Crippen molar-refractivity contribution < 1.29 is 19.1 Å². The zero-order valence-electron chi connectivity index (χ0n) is 15.0. The maximum atomic E-state index is 12.6. The fourth-order valence-electron chi connectivity index (χ4n) is 4.16. The van der Waals surface area contributed by atoms with E-state index in [0.717, 1.165) is 38.5 Å². The van der Waals surface area contributed by atoms with Gasteiger partial charge < -0.3 is 19.3 Å². The lowest BCUT2D eigenvalue weighted by molar-refractivity contribution is -0.141. The quantitative estimate of drug-likeness (QED) is 0.790. The molecule has 3 saturated heterocycles. The van der Waals surface area contributed by atoms with Crippen molar-refractivity contribution in [3.05, 3.63) is 0 Å². The number of amides is 2. The van der Waals surface area contributed by atoms with Crippen LogP contribution in [0.1, 0.15) is 52.4 Å². The molecule has 3 rings (SSSR count). The van der Waals surface area contributed by atoms with Gasteiger partial charge in [0.2, 0.25) is 5.91 Å². The van der Waals surface area contributed by atoms with Crippen molar-refractivity contribution >= 4 is 12.0 Å². The van der Waals surface area contributed by atoms with Gasteiger partial charge in [-0.1, -0.05) is 13.3 Å². The monoisotopic (exact) mass is 338 g/mol. The summed E-state index contributed by atoms with van der Waals surface area (Å²) in [5.74, 6) is 0.369. The molecule has 3 aliphatic heterocycles. The van der Waals surface area contributed by atoms with E-state index in [1.165, 1.54) is 0 Å². The molecule has 3 fully saturated rings. The minimum atomic E-state index is -0.383. The first-order valence-corrected chi connectivity index (χ1v) is 9.41. The van der Waals surface area contributed by atoms with Gasteiger partial charge in [-0.15, -0.1) is 0 Å². The summed E-state index contributed by atoms with van der Waals surface area (Å²) in [6, 6.07) is 0.226. The standard InChI is InChI=1S/C18H30N2O4/c1-3-4-14(2)20-13-18(24-17(20)22)7-9-19(10-8-18)16(21)15-5-11-23-12-6-15/h14-15H,3-13H2,1-2H3/t14-/m1/s1. The highest BCUT2D eigenvalue weighted by atomic mass is 16.6. The Labute approximate surface area is 144 Å². The second-order valence-corrected chi connectivity index (χ2v) is 7.53. The van der Waals surface area contributed by atoms with Gasteiger partial charge in [-0.2, -0.15) is 0 Å². The molecule has 0 aromatic carbocycles. The maximum absolute atomic E-state index is 12.6. The highest BCUT2D eigenvalue weighted by Gasteiger charge is 2.48. The Kier molecular flexibility index (Phi) is 5.33. The topological polar surface area (TPSA) is 59.1 Å². The van der Waals surface area contributed by atoms with Crippen LogP contribution in [0, 0.1) is 5.92 Å². The van der Waals surface area contributed by atoms with Crippen LogP contribution < -0.4 is 0 Å². The molecule has 3 aliphatic rings. The van der Waals surface area contributed by atoms with E-state index in [-0.39, 0.29) is 29.6 Å². The van der Waals surface area contributed by atoms with Crippen molar-refractivity contribution in [1.29, 1.82) is 0 Å². The minimum absolute atomic E-state index is 0.111. The van der Waals surface area contributed by atoms with Gasteiger partial charge in [0, 0.05) is 51.1 Å². The number of likely N-dealkylation sites (tertiary alicyclic amines) is 1. The smallest absolute Gasteiger partial charge is 0.410 e. The Morgan fingerprint density at radius 3 is 2.58 bits per heavy atom. The molecular weight excluding hydrogens is 308 g/mol. The van der Waals surface area contributed by atoms with Crippen LogP contribution in [0.2, 0.25) is 0 Å². The zero-order chi connectivity index (χ0) is 17.2. The molecule has 0 aliphatic carbocycles. The van der Waals surface area contributed by atoms with Crippen molar-refractivity contribution in [2.45, 2.75) is 64.0 Å². The van der Waals surface area contributed by atoms with Gasteiger partial charge in [0.1, 0.15) is 5.60 Å². The molecule has 0 saturated carbocycles. The van der Waals surface area contributed by atoms with E-state index in [0.29, 0.717) is 32.8 Å². The molecule has 0 radical (unpaired) electrons. The number of ether oxygens (including phenoxy) is 2. The fraction of sp³-hybridized carbons (Fsp3) is 0.889. The van der Waals surface area contributed by atoms with E-state index in [1.807, 2.05) is 9.80 Å². The van der Waals surface area contributed by atoms with Crippen LogP contribution in [-0.2, 0) is 14.3 Å². The lowest BCUT2D eigenvalue weighted by Gasteiger charge is -2.39. The zero-order valence-corrected chi connectivity index (χ0v) is 15.0. The number of nitrogens with zero attached hydrogens (tertiary/aromatic N) is 2. The van der Waals surface area contributed by atoms with Crippen LogP contribution in [0.25, 0.3) is 0 Å². The number of carbonyl (C=O) groups excluding carboxylic acids is 2.